The third kappa shape index (κ3) is 6.40. The van der Waals surface area contributed by atoms with Crippen molar-refractivity contribution in [1.29, 1.82) is 0 Å². The fourth-order valence-electron chi connectivity index (χ4n) is 7.95. The molecule has 0 aromatic heterocycles. The number of hydrogen-bond acceptors (Lipinski definition) is 4. The van der Waals surface area contributed by atoms with Gasteiger partial charge in [-0.1, -0.05) is 55.3 Å². The normalized spacial score (nSPS) is 30.9. The van der Waals surface area contributed by atoms with Crippen molar-refractivity contribution in [3.05, 3.63) is 64.8 Å². The van der Waals surface area contributed by atoms with Crippen LogP contribution >= 0.6 is 40.5 Å². The number of ketones is 1. The highest BCUT2D eigenvalue weighted by atomic mass is 32.1. The van der Waals surface area contributed by atoms with Crippen LogP contribution in [-0.2, 0) is 14.3 Å². The maximum absolute atomic E-state index is 12.3. The highest BCUT2D eigenvalue weighted by molar-refractivity contribution is 7.59. The monoisotopic (exact) mass is 625 g/mol. The van der Waals surface area contributed by atoms with Gasteiger partial charge in [-0.3, -0.25) is 4.79 Å². The van der Waals surface area contributed by atoms with Gasteiger partial charge < -0.3 is 14.4 Å². The molecule has 7 heteroatoms. The van der Waals surface area contributed by atoms with Crippen LogP contribution in [0.5, 0.6) is 0 Å². The summed E-state index contributed by atoms with van der Waals surface area (Å²) in [7, 11) is 4.15. The highest BCUT2D eigenvalue weighted by Gasteiger charge is 2.64. The summed E-state index contributed by atoms with van der Waals surface area (Å²) in [5, 5.41) is 0. The van der Waals surface area contributed by atoms with Gasteiger partial charge in [0, 0.05) is 31.6 Å². The molecule has 1 aromatic carbocycles. The van der Waals surface area contributed by atoms with Crippen LogP contribution in [0.2, 0.25) is 0 Å². The Morgan fingerprint density at radius 2 is 1.59 bits per heavy atom. The molecule has 2 saturated heterocycles. The Bertz CT molecular complexity index is 1110. The first kappa shape index (κ1) is 42.0. The lowest BCUT2D eigenvalue weighted by Gasteiger charge is -2.45. The number of fused-ring (bicyclic) bond motifs is 5. The molecule has 1 spiro atoms. The predicted octanol–water partition coefficient (Wildman–Crippen LogP) is 8.83. The van der Waals surface area contributed by atoms with E-state index in [1.807, 2.05) is 6.08 Å². The van der Waals surface area contributed by atoms with Crippen molar-refractivity contribution in [2.45, 2.75) is 93.3 Å². The molecule has 4 nitrogen and oxygen atoms in total. The summed E-state index contributed by atoms with van der Waals surface area (Å²) in [6.07, 6.45) is 8.60. The first-order valence-corrected chi connectivity index (χ1v) is 13.0. The third-order valence-electron chi connectivity index (χ3n) is 9.72. The molecule has 6 rings (SSSR count). The van der Waals surface area contributed by atoms with Crippen LogP contribution in [-0.4, -0.2) is 38.7 Å². The largest absolute Gasteiger partial charge is 0.378 e. The topological polar surface area (TPSA) is 38.8 Å². The Balaban J connectivity index is 0. The maximum Gasteiger partial charge on any atom is 0.156 e. The van der Waals surface area contributed by atoms with Crippen molar-refractivity contribution in [3.8, 4) is 0 Å². The Kier molecular flexibility index (Phi) is 15.9. The van der Waals surface area contributed by atoms with Crippen LogP contribution in [0.3, 0.4) is 0 Å². The second-order valence-electron chi connectivity index (χ2n) is 11.5. The van der Waals surface area contributed by atoms with E-state index in [0.29, 0.717) is 24.9 Å². The lowest BCUT2D eigenvalue weighted by molar-refractivity contribution is -0.114. The number of carbonyl (C=O) groups is 1. The minimum atomic E-state index is -0.254. The zero-order valence-electron chi connectivity index (χ0n) is 22.4. The second-order valence-corrected chi connectivity index (χ2v) is 11.5. The number of anilines is 1. The number of carbonyl (C=O) groups excluding carboxylic acids is 1. The molecule has 5 aliphatic rings. The van der Waals surface area contributed by atoms with Gasteiger partial charge in [0.05, 0.1) is 18.8 Å². The lowest BCUT2D eigenvalue weighted by Crippen LogP contribution is -2.49. The van der Waals surface area contributed by atoms with Crippen molar-refractivity contribution in [3.63, 3.8) is 0 Å². The number of rotatable bonds is 2. The fourth-order valence-corrected chi connectivity index (χ4v) is 7.95. The molecule has 2 aliphatic heterocycles. The van der Waals surface area contributed by atoms with Gasteiger partial charge in [0.1, 0.15) is 6.10 Å². The van der Waals surface area contributed by atoms with Crippen molar-refractivity contribution in [2.75, 3.05) is 32.2 Å². The average molecular weight is 626 g/mol. The summed E-state index contributed by atoms with van der Waals surface area (Å²) in [5.74, 6) is 1.25. The predicted molar refractivity (Wildman–Crippen MR) is 193 cm³/mol. The van der Waals surface area contributed by atoms with E-state index >= 15 is 0 Å². The molecule has 0 amide bonds. The molecule has 2 heterocycles. The fraction of sp³-hybridized carbons (Fsp3) is 0.618. The summed E-state index contributed by atoms with van der Waals surface area (Å²) in [4.78, 5) is 14.4. The number of ether oxygens (including phenoxy) is 2. The van der Waals surface area contributed by atoms with E-state index in [2.05, 4.69) is 56.8 Å². The Morgan fingerprint density at radius 3 is 2.17 bits per heavy atom. The number of allylic oxidation sites excluding steroid dienone is 3. The molecule has 236 valence electrons. The van der Waals surface area contributed by atoms with Gasteiger partial charge in [0.2, 0.25) is 0 Å². The number of benzene rings is 1. The van der Waals surface area contributed by atoms with Gasteiger partial charge in [-0.15, -0.1) is 0 Å². The summed E-state index contributed by atoms with van der Waals surface area (Å²) >= 11 is 0. The van der Waals surface area contributed by atoms with Gasteiger partial charge >= 0.3 is 0 Å². The second kappa shape index (κ2) is 15.6. The summed E-state index contributed by atoms with van der Waals surface area (Å²) in [5.41, 5.74) is 7.47. The quantitative estimate of drug-likeness (QED) is 0.308. The molecule has 0 bridgehead atoms. The van der Waals surface area contributed by atoms with Crippen LogP contribution in [0.25, 0.3) is 0 Å². The van der Waals surface area contributed by atoms with E-state index in [1.54, 1.807) is 0 Å². The van der Waals surface area contributed by atoms with E-state index in [4.69, 9.17) is 9.47 Å². The van der Waals surface area contributed by atoms with Gasteiger partial charge in [-0.05, 0) is 96.4 Å². The smallest absolute Gasteiger partial charge is 0.156 e. The molecular formula is C34H59NO3S3. The number of hydrogen-bond donors (Lipinski definition) is 0. The molecule has 1 saturated carbocycles. The van der Waals surface area contributed by atoms with Crippen LogP contribution in [0.1, 0.15) is 93.2 Å². The van der Waals surface area contributed by atoms with Crippen LogP contribution < -0.4 is 4.90 Å². The minimum Gasteiger partial charge on any atom is -0.378 e. The molecule has 3 fully saturated rings. The van der Waals surface area contributed by atoms with E-state index in [1.165, 1.54) is 33.5 Å². The summed E-state index contributed by atoms with van der Waals surface area (Å²) in [6.45, 7) is 8.37. The number of nitrogens with zero attached hydrogens (tertiary/aromatic N) is 1. The van der Waals surface area contributed by atoms with E-state index in [-0.39, 0.29) is 93.1 Å². The Labute approximate surface area is 272 Å². The molecule has 0 radical (unpaired) electrons. The van der Waals surface area contributed by atoms with Gasteiger partial charge in [-0.2, -0.15) is 40.5 Å². The molecular weight excluding hydrogens is 567 g/mol. The zero-order chi connectivity index (χ0) is 23.7. The molecule has 41 heavy (non-hydrogen) atoms. The molecule has 3 aliphatic carbocycles. The zero-order valence-corrected chi connectivity index (χ0v) is 25.4. The van der Waals surface area contributed by atoms with E-state index < -0.39 is 0 Å². The first-order chi connectivity index (χ1) is 16.3. The molecule has 5 atom stereocenters. The maximum atomic E-state index is 12.3. The summed E-state index contributed by atoms with van der Waals surface area (Å²) in [6, 6.07) is 8.86. The van der Waals surface area contributed by atoms with Crippen LogP contribution in [0.4, 0.5) is 5.69 Å². The van der Waals surface area contributed by atoms with Crippen molar-refractivity contribution in [1.82, 2.24) is 0 Å². The first-order valence-electron chi connectivity index (χ1n) is 13.0. The van der Waals surface area contributed by atoms with Crippen molar-refractivity contribution in [2.24, 2.45) is 17.3 Å². The van der Waals surface area contributed by atoms with Crippen molar-refractivity contribution < 1.29 is 14.3 Å². The highest BCUT2D eigenvalue weighted by Crippen LogP contribution is 2.65. The van der Waals surface area contributed by atoms with Crippen molar-refractivity contribution >= 4 is 52.0 Å². The standard InChI is InChI=1S/C30H37NO3.4CH4.3H2S/c1-19-14-16-34-30(19)15-13-26-25-11-7-21-17-23(32)10-12-24(21)27(25)28(33-18-29(26,30)2)20-5-8-22(9-6-20)31(3)4;;;;;;;/h5-6,8-9,17,25-26,28H,1,7,10-16,18H2,2-4H3;4*1H4;3*1H2/t25-,26-,28+,29-,30?;;;;;;;/m0......./s1. The molecule has 0 N–H and O–H groups in total. The van der Waals surface area contributed by atoms with Gasteiger partial charge in [0.15, 0.2) is 5.78 Å². The summed E-state index contributed by atoms with van der Waals surface area (Å²) < 4.78 is 13.5. The average Bonchev–Trinajstić information content (AvgIpc) is 3.30. The van der Waals surface area contributed by atoms with Crippen LogP contribution in [0.15, 0.2) is 59.2 Å². The third-order valence-corrected chi connectivity index (χ3v) is 9.72. The Morgan fingerprint density at radius 1 is 0.927 bits per heavy atom. The van der Waals surface area contributed by atoms with Gasteiger partial charge in [-0.25, -0.2) is 0 Å². The molecule has 1 unspecified atom stereocenters. The van der Waals surface area contributed by atoms with E-state index in [0.717, 1.165) is 45.1 Å². The molecule has 1 aromatic rings. The SMILES string of the molecule is C.C.C.C.C=C1CCOC12CC[C@H]1[C@@H]3CCC4=CC(=O)CCC4=C3[C@@H](c3ccc(N(C)C)cc3)OC[C@@]12C.S.S.S. The Hall–Kier alpha value is -1.12. The minimum absolute atomic E-state index is 0. The van der Waals surface area contributed by atoms with Crippen LogP contribution in [0, 0.1) is 17.3 Å². The van der Waals surface area contributed by atoms with Gasteiger partial charge in [0.25, 0.3) is 0 Å². The van der Waals surface area contributed by atoms with E-state index in [9.17, 15) is 4.79 Å². The lowest BCUT2D eigenvalue weighted by atomic mass is 9.61.